The number of nitrogens with zero attached hydrogens (tertiary/aromatic N) is 1. The number of carbonyl (C=O) groups is 1. The fourth-order valence-corrected chi connectivity index (χ4v) is 4.65. The van der Waals surface area contributed by atoms with Crippen molar-refractivity contribution in [3.05, 3.63) is 4.88 Å². The lowest BCUT2D eigenvalue weighted by molar-refractivity contribution is 0.0960. The Morgan fingerprint density at radius 3 is 2.25 bits per heavy atom. The minimum atomic E-state index is -3.49. The van der Waals surface area contributed by atoms with E-state index in [9.17, 15) is 13.2 Å². The summed E-state index contributed by atoms with van der Waals surface area (Å²) >= 11 is 1.13. The fourth-order valence-electron chi connectivity index (χ4n) is 1.90. The summed E-state index contributed by atoms with van der Waals surface area (Å²) in [6.45, 7) is 7.41. The Bertz CT molecular complexity index is 589. The van der Waals surface area contributed by atoms with Crippen molar-refractivity contribution in [1.82, 2.24) is 5.32 Å². The molecule has 0 spiro atoms. The molecule has 0 saturated carbocycles. The third-order valence-electron chi connectivity index (χ3n) is 2.85. The zero-order valence-corrected chi connectivity index (χ0v) is 13.8. The van der Waals surface area contributed by atoms with Crippen LogP contribution in [-0.2, 0) is 9.84 Å². The molecule has 0 radical (unpaired) electrons. The maximum Gasteiger partial charge on any atom is 0.263 e. The van der Waals surface area contributed by atoms with E-state index in [2.05, 4.69) is 5.32 Å². The van der Waals surface area contributed by atoms with Crippen LogP contribution in [0.1, 0.15) is 30.4 Å². The zero-order chi connectivity index (χ0) is 15.5. The monoisotopic (exact) mass is 319 g/mol. The van der Waals surface area contributed by atoms with Gasteiger partial charge in [-0.3, -0.25) is 4.79 Å². The quantitative estimate of drug-likeness (QED) is 0.825. The maximum absolute atomic E-state index is 12.0. The molecule has 0 aromatic carbocycles. The first kappa shape index (κ1) is 16.8. The van der Waals surface area contributed by atoms with Crippen LogP contribution in [0.2, 0.25) is 0 Å². The fraction of sp³-hybridized carbons (Fsp3) is 0.583. The number of hydrogen-bond donors (Lipinski definition) is 2. The van der Waals surface area contributed by atoms with Crippen LogP contribution in [0.4, 0.5) is 10.7 Å². The Morgan fingerprint density at radius 2 is 1.85 bits per heavy atom. The summed E-state index contributed by atoms with van der Waals surface area (Å²) in [5, 5.41) is 3.19. The third kappa shape index (κ3) is 3.24. The summed E-state index contributed by atoms with van der Waals surface area (Å²) in [4.78, 5) is 14.2. The molecule has 20 heavy (non-hydrogen) atoms. The number of nitrogens with one attached hydrogen (secondary N) is 1. The number of carbonyl (C=O) groups excluding carboxylic acids is 1. The van der Waals surface area contributed by atoms with E-state index in [0.29, 0.717) is 24.6 Å². The molecule has 0 bridgehead atoms. The molecule has 8 heteroatoms. The van der Waals surface area contributed by atoms with Gasteiger partial charge in [0.2, 0.25) is 0 Å². The van der Waals surface area contributed by atoms with E-state index >= 15 is 0 Å². The van der Waals surface area contributed by atoms with E-state index in [4.69, 9.17) is 5.73 Å². The molecule has 114 valence electrons. The topological polar surface area (TPSA) is 92.5 Å². The molecule has 0 unspecified atom stereocenters. The van der Waals surface area contributed by atoms with Gasteiger partial charge >= 0.3 is 0 Å². The predicted octanol–water partition coefficient (Wildman–Crippen LogP) is 1.33. The van der Waals surface area contributed by atoms with Crippen LogP contribution >= 0.6 is 11.3 Å². The molecule has 1 aromatic heterocycles. The van der Waals surface area contributed by atoms with Crippen molar-refractivity contribution in [2.45, 2.75) is 25.7 Å². The van der Waals surface area contributed by atoms with Crippen LogP contribution in [-0.4, -0.2) is 40.2 Å². The van der Waals surface area contributed by atoms with Crippen molar-refractivity contribution < 1.29 is 13.2 Å². The zero-order valence-electron chi connectivity index (χ0n) is 12.2. The minimum Gasteiger partial charge on any atom is -0.396 e. The van der Waals surface area contributed by atoms with Crippen molar-refractivity contribution in [2.75, 3.05) is 36.5 Å². The van der Waals surface area contributed by atoms with Gasteiger partial charge in [-0.1, -0.05) is 0 Å². The van der Waals surface area contributed by atoms with Gasteiger partial charge in [-0.2, -0.15) is 0 Å². The molecule has 1 heterocycles. The first-order valence-corrected chi connectivity index (χ1v) is 9.14. The van der Waals surface area contributed by atoms with Gasteiger partial charge < -0.3 is 16.0 Å². The van der Waals surface area contributed by atoms with E-state index in [0.717, 1.165) is 17.6 Å². The van der Waals surface area contributed by atoms with E-state index < -0.39 is 9.84 Å². The molecule has 1 amide bonds. The molecule has 0 aliphatic heterocycles. The Morgan fingerprint density at radius 1 is 1.30 bits per heavy atom. The number of sulfone groups is 1. The molecule has 0 aliphatic rings. The normalized spacial score (nSPS) is 11.4. The molecule has 6 nitrogen and oxygen atoms in total. The van der Waals surface area contributed by atoms with Gasteiger partial charge in [0, 0.05) is 25.9 Å². The average Bonchev–Trinajstić information content (AvgIpc) is 2.68. The Kier molecular flexibility index (Phi) is 5.41. The van der Waals surface area contributed by atoms with Crippen molar-refractivity contribution in [2.24, 2.45) is 0 Å². The highest BCUT2D eigenvalue weighted by atomic mass is 32.2. The van der Waals surface area contributed by atoms with E-state index in [-0.39, 0.29) is 21.4 Å². The summed E-state index contributed by atoms with van der Waals surface area (Å²) in [5.41, 5.74) is 5.96. The number of thiophene rings is 1. The van der Waals surface area contributed by atoms with Gasteiger partial charge in [-0.25, -0.2) is 8.42 Å². The molecule has 3 N–H and O–H groups in total. The highest BCUT2D eigenvalue weighted by molar-refractivity contribution is 7.91. The van der Waals surface area contributed by atoms with Crippen LogP contribution in [0, 0.1) is 0 Å². The predicted molar refractivity (Wildman–Crippen MR) is 83.4 cm³/mol. The number of anilines is 2. The molecular weight excluding hydrogens is 298 g/mol. The van der Waals surface area contributed by atoms with Crippen molar-refractivity contribution in [3.63, 3.8) is 0 Å². The van der Waals surface area contributed by atoms with Gasteiger partial charge in [-0.15, -0.1) is 11.3 Å². The Balaban J connectivity index is 3.51. The average molecular weight is 319 g/mol. The Labute approximate surface area is 123 Å². The summed E-state index contributed by atoms with van der Waals surface area (Å²) in [6.07, 6.45) is 1.11. The highest BCUT2D eigenvalue weighted by Crippen LogP contribution is 2.41. The van der Waals surface area contributed by atoms with E-state index in [1.54, 1.807) is 6.92 Å². The summed E-state index contributed by atoms with van der Waals surface area (Å²) in [5.74, 6) is -0.335. The number of rotatable bonds is 6. The second-order valence-electron chi connectivity index (χ2n) is 4.28. The van der Waals surface area contributed by atoms with Crippen LogP contribution in [0.5, 0.6) is 0 Å². The van der Waals surface area contributed by atoms with Gasteiger partial charge in [0.1, 0.15) is 14.8 Å². The molecule has 0 saturated heterocycles. The first-order chi connectivity index (χ1) is 9.27. The summed E-state index contributed by atoms with van der Waals surface area (Å²) in [7, 11) is -3.49. The Hall–Kier alpha value is -1.28. The number of nitrogen functional groups attached to an aromatic ring is 1. The van der Waals surface area contributed by atoms with Crippen LogP contribution < -0.4 is 16.0 Å². The van der Waals surface area contributed by atoms with Crippen LogP contribution in [0.25, 0.3) is 0 Å². The lowest BCUT2D eigenvalue weighted by atomic mass is 10.3. The lowest BCUT2D eigenvalue weighted by Gasteiger charge is -2.20. The molecule has 1 rings (SSSR count). The largest absolute Gasteiger partial charge is 0.396 e. The number of hydrogen-bond acceptors (Lipinski definition) is 6. The molecule has 1 aromatic rings. The molecule has 0 aliphatic carbocycles. The van der Waals surface area contributed by atoms with Gasteiger partial charge in [-0.05, 0) is 20.8 Å². The number of amides is 1. The van der Waals surface area contributed by atoms with Crippen molar-refractivity contribution in [3.8, 4) is 0 Å². The molecule has 0 fully saturated rings. The van der Waals surface area contributed by atoms with Crippen molar-refractivity contribution in [1.29, 1.82) is 0 Å². The third-order valence-corrected chi connectivity index (χ3v) is 5.40. The second kappa shape index (κ2) is 6.45. The summed E-state index contributed by atoms with van der Waals surface area (Å²) < 4.78 is 23.9. The van der Waals surface area contributed by atoms with Crippen LogP contribution in [0.3, 0.4) is 0 Å². The van der Waals surface area contributed by atoms with E-state index in [1.807, 2.05) is 18.7 Å². The molecular formula is C12H21N3O3S2. The first-order valence-electron chi connectivity index (χ1n) is 6.43. The summed E-state index contributed by atoms with van der Waals surface area (Å²) in [6, 6.07) is 0. The number of nitrogens with two attached hydrogens (primary N) is 1. The highest BCUT2D eigenvalue weighted by Gasteiger charge is 2.28. The molecule has 0 atom stereocenters. The van der Waals surface area contributed by atoms with Gasteiger partial charge in [0.15, 0.2) is 9.84 Å². The van der Waals surface area contributed by atoms with E-state index in [1.165, 1.54) is 0 Å². The SMILES string of the molecule is CCNC(=O)c1sc(N(CC)CC)c(S(C)(=O)=O)c1N. The second-order valence-corrected chi connectivity index (χ2v) is 7.23. The minimum absolute atomic E-state index is 0.0466. The smallest absolute Gasteiger partial charge is 0.263 e. The van der Waals surface area contributed by atoms with Gasteiger partial charge in [0.25, 0.3) is 5.91 Å². The maximum atomic E-state index is 12.0. The van der Waals surface area contributed by atoms with Gasteiger partial charge in [0.05, 0.1) is 5.69 Å². The lowest BCUT2D eigenvalue weighted by Crippen LogP contribution is -2.22. The van der Waals surface area contributed by atoms with Crippen LogP contribution in [0.15, 0.2) is 4.90 Å². The standard InChI is InChI=1S/C12H21N3O3S2/c1-5-14-11(16)9-8(13)10(20(4,17)18)12(19-9)15(6-2)7-3/h5-7,13H2,1-4H3,(H,14,16). The van der Waals surface area contributed by atoms with Crippen molar-refractivity contribution >= 4 is 37.8 Å².